The fourth-order valence-corrected chi connectivity index (χ4v) is 3.23. The number of benzene rings is 1. The summed E-state index contributed by atoms with van der Waals surface area (Å²) in [5, 5.41) is 14.1. The van der Waals surface area contributed by atoms with E-state index >= 15 is 0 Å². The molecule has 2 heterocycles. The number of carboxylic acids is 1. The number of ether oxygens (including phenoxy) is 1. The van der Waals surface area contributed by atoms with Crippen LogP contribution in [0.3, 0.4) is 0 Å². The number of hydrogen-bond acceptors (Lipinski definition) is 4. The van der Waals surface area contributed by atoms with E-state index < -0.39 is 12.1 Å². The third-order valence-corrected chi connectivity index (χ3v) is 4.50. The summed E-state index contributed by atoms with van der Waals surface area (Å²) in [6, 6.07) is 7.25. The fraction of sp³-hybridized carbons (Fsp3) is 0.389. The van der Waals surface area contributed by atoms with E-state index in [0.717, 1.165) is 11.4 Å². The van der Waals surface area contributed by atoms with Crippen LogP contribution in [-0.2, 0) is 9.53 Å². The van der Waals surface area contributed by atoms with Crippen molar-refractivity contribution in [1.82, 2.24) is 14.7 Å². The Bertz CT molecular complexity index is 834. The Morgan fingerprint density at radius 3 is 2.81 bits per heavy atom. The minimum absolute atomic E-state index is 0.0219. The van der Waals surface area contributed by atoms with Gasteiger partial charge in [-0.2, -0.15) is 5.10 Å². The van der Waals surface area contributed by atoms with E-state index in [9.17, 15) is 9.59 Å². The Morgan fingerprint density at radius 1 is 1.38 bits per heavy atom. The number of rotatable bonds is 4. The van der Waals surface area contributed by atoms with Crippen molar-refractivity contribution >= 4 is 23.5 Å². The molecule has 1 aliphatic rings. The molecule has 7 nitrogen and oxygen atoms in total. The minimum atomic E-state index is -1.07. The van der Waals surface area contributed by atoms with Crippen LogP contribution in [0.4, 0.5) is 0 Å². The second-order valence-corrected chi connectivity index (χ2v) is 6.88. The second-order valence-electron chi connectivity index (χ2n) is 6.44. The molecule has 1 aromatic carbocycles. The molecule has 0 saturated carbocycles. The minimum Gasteiger partial charge on any atom is -0.479 e. The predicted molar refractivity (Wildman–Crippen MR) is 95.9 cm³/mol. The molecule has 138 valence electrons. The van der Waals surface area contributed by atoms with Crippen LogP contribution in [0.1, 0.15) is 35.8 Å². The monoisotopic (exact) mass is 377 g/mol. The van der Waals surface area contributed by atoms with Crippen molar-refractivity contribution in [2.24, 2.45) is 0 Å². The highest BCUT2D eigenvalue weighted by Crippen LogP contribution is 2.26. The van der Waals surface area contributed by atoms with E-state index in [4.69, 9.17) is 21.4 Å². The summed E-state index contributed by atoms with van der Waals surface area (Å²) in [4.78, 5) is 25.7. The Hall–Kier alpha value is -2.38. The first-order valence-corrected chi connectivity index (χ1v) is 8.73. The van der Waals surface area contributed by atoms with Crippen LogP contribution in [0.15, 0.2) is 30.5 Å². The van der Waals surface area contributed by atoms with E-state index in [-0.39, 0.29) is 25.0 Å². The zero-order valence-electron chi connectivity index (χ0n) is 14.6. The van der Waals surface area contributed by atoms with Gasteiger partial charge in [0.2, 0.25) is 0 Å². The maximum Gasteiger partial charge on any atom is 0.334 e. The van der Waals surface area contributed by atoms with Gasteiger partial charge in [-0.3, -0.25) is 4.79 Å². The third kappa shape index (κ3) is 3.59. The number of carbonyl (C=O) groups excluding carboxylic acids is 1. The molecular weight excluding hydrogens is 358 g/mol. The van der Waals surface area contributed by atoms with Gasteiger partial charge in [-0.05, 0) is 24.1 Å². The van der Waals surface area contributed by atoms with Gasteiger partial charge in [-0.1, -0.05) is 31.5 Å². The summed E-state index contributed by atoms with van der Waals surface area (Å²) in [7, 11) is 0. The van der Waals surface area contributed by atoms with Gasteiger partial charge in [0, 0.05) is 11.6 Å². The molecule has 0 bridgehead atoms. The molecule has 0 aliphatic carbocycles. The summed E-state index contributed by atoms with van der Waals surface area (Å²) in [5.74, 6) is -1.27. The molecule has 1 aromatic heterocycles. The Balaban J connectivity index is 1.95. The Morgan fingerprint density at radius 2 is 2.15 bits per heavy atom. The summed E-state index contributed by atoms with van der Waals surface area (Å²) in [5.41, 5.74) is 1.99. The average molecular weight is 378 g/mol. The maximum absolute atomic E-state index is 13.0. The lowest BCUT2D eigenvalue weighted by Gasteiger charge is -2.31. The molecule has 1 aliphatic heterocycles. The van der Waals surface area contributed by atoms with E-state index in [0.29, 0.717) is 17.1 Å². The highest BCUT2D eigenvalue weighted by atomic mass is 35.5. The molecule has 1 unspecified atom stereocenters. The third-order valence-electron chi connectivity index (χ3n) is 4.27. The van der Waals surface area contributed by atoms with Gasteiger partial charge in [0.05, 0.1) is 36.3 Å². The number of hydrogen-bond donors (Lipinski definition) is 1. The zero-order chi connectivity index (χ0) is 18.8. The first kappa shape index (κ1) is 18.4. The van der Waals surface area contributed by atoms with Crippen LogP contribution in [0, 0.1) is 0 Å². The highest BCUT2D eigenvalue weighted by molar-refractivity contribution is 6.30. The van der Waals surface area contributed by atoms with Gasteiger partial charge >= 0.3 is 5.97 Å². The molecule has 3 rings (SSSR count). The Kier molecular flexibility index (Phi) is 5.29. The van der Waals surface area contributed by atoms with Gasteiger partial charge < -0.3 is 14.7 Å². The standard InChI is InChI=1S/C18H20ClN3O4/c1-11(2)16-14(9-20-22(16)13-5-3-4-12(19)8-13)17(23)21-6-7-26-15(10-21)18(24)25/h3-5,8-9,11,15H,6-7,10H2,1-2H3,(H,24,25). The van der Waals surface area contributed by atoms with Crippen LogP contribution in [-0.4, -0.2) is 57.5 Å². The number of aromatic nitrogens is 2. The summed E-state index contributed by atoms with van der Waals surface area (Å²) in [6.45, 7) is 4.53. The second kappa shape index (κ2) is 7.47. The van der Waals surface area contributed by atoms with Crippen molar-refractivity contribution in [1.29, 1.82) is 0 Å². The van der Waals surface area contributed by atoms with Crippen molar-refractivity contribution in [3.63, 3.8) is 0 Å². The van der Waals surface area contributed by atoms with Crippen molar-refractivity contribution in [3.05, 3.63) is 46.7 Å². The summed E-state index contributed by atoms with van der Waals surface area (Å²) in [6.07, 6.45) is 0.530. The number of halogens is 1. The molecule has 1 N–H and O–H groups in total. The van der Waals surface area contributed by atoms with Crippen molar-refractivity contribution in [3.8, 4) is 5.69 Å². The largest absolute Gasteiger partial charge is 0.479 e. The van der Waals surface area contributed by atoms with Crippen LogP contribution in [0.25, 0.3) is 5.69 Å². The normalized spacial score (nSPS) is 17.5. The van der Waals surface area contributed by atoms with Crippen LogP contribution < -0.4 is 0 Å². The maximum atomic E-state index is 13.0. The molecule has 0 spiro atoms. The molecular formula is C18H20ClN3O4. The Labute approximate surface area is 156 Å². The first-order chi connectivity index (χ1) is 12.4. The van der Waals surface area contributed by atoms with Crippen LogP contribution in [0.2, 0.25) is 5.02 Å². The van der Waals surface area contributed by atoms with E-state index in [1.54, 1.807) is 16.8 Å². The zero-order valence-corrected chi connectivity index (χ0v) is 15.3. The molecule has 1 amide bonds. The van der Waals surface area contributed by atoms with Gasteiger partial charge in [0.1, 0.15) is 0 Å². The van der Waals surface area contributed by atoms with Crippen molar-refractivity contribution in [2.75, 3.05) is 19.7 Å². The quantitative estimate of drug-likeness (QED) is 0.885. The molecule has 1 fully saturated rings. The topological polar surface area (TPSA) is 84.7 Å². The SMILES string of the molecule is CC(C)c1c(C(=O)N2CCOC(C(=O)O)C2)cnn1-c1cccc(Cl)c1. The molecule has 8 heteroatoms. The lowest BCUT2D eigenvalue weighted by Crippen LogP contribution is -2.48. The fourth-order valence-electron chi connectivity index (χ4n) is 3.05. The predicted octanol–water partition coefficient (Wildman–Crippen LogP) is 2.57. The van der Waals surface area contributed by atoms with Crippen LogP contribution in [0.5, 0.6) is 0 Å². The molecule has 1 atom stereocenters. The number of morpholine rings is 1. The lowest BCUT2D eigenvalue weighted by atomic mass is 10.0. The number of carboxylic acid groups (broad SMARTS) is 1. The van der Waals surface area contributed by atoms with E-state index in [1.165, 1.54) is 11.1 Å². The average Bonchev–Trinajstić information content (AvgIpc) is 3.06. The molecule has 26 heavy (non-hydrogen) atoms. The van der Waals surface area contributed by atoms with Gasteiger partial charge in [0.15, 0.2) is 6.10 Å². The molecule has 1 saturated heterocycles. The van der Waals surface area contributed by atoms with Gasteiger partial charge in [-0.15, -0.1) is 0 Å². The number of nitrogens with zero attached hydrogens (tertiary/aromatic N) is 3. The number of carbonyl (C=O) groups is 2. The molecule has 2 aromatic rings. The van der Waals surface area contributed by atoms with E-state index in [1.807, 2.05) is 26.0 Å². The van der Waals surface area contributed by atoms with Crippen molar-refractivity contribution in [2.45, 2.75) is 25.9 Å². The summed E-state index contributed by atoms with van der Waals surface area (Å²) < 4.78 is 6.90. The lowest BCUT2D eigenvalue weighted by molar-refractivity contribution is -0.154. The highest BCUT2D eigenvalue weighted by Gasteiger charge is 2.32. The number of amides is 1. The van der Waals surface area contributed by atoms with E-state index in [2.05, 4.69) is 5.10 Å². The molecule has 0 radical (unpaired) electrons. The van der Waals surface area contributed by atoms with Gasteiger partial charge in [0.25, 0.3) is 5.91 Å². The van der Waals surface area contributed by atoms with Gasteiger partial charge in [-0.25, -0.2) is 9.48 Å². The summed E-state index contributed by atoms with van der Waals surface area (Å²) >= 11 is 6.08. The first-order valence-electron chi connectivity index (χ1n) is 8.36. The number of aliphatic carboxylic acids is 1. The van der Waals surface area contributed by atoms with Crippen molar-refractivity contribution < 1.29 is 19.4 Å². The smallest absolute Gasteiger partial charge is 0.334 e. The van der Waals surface area contributed by atoms with Crippen LogP contribution >= 0.6 is 11.6 Å².